The molecule has 0 aliphatic heterocycles. The Morgan fingerprint density at radius 2 is 1.56 bits per heavy atom. The first kappa shape index (κ1) is 19.8. The Hall–Kier alpha value is -1.53. The fourth-order valence-corrected chi connectivity index (χ4v) is 9.64. The predicted molar refractivity (Wildman–Crippen MR) is 112 cm³/mol. The molecule has 1 aromatic carbocycles. The van der Waals surface area contributed by atoms with Crippen molar-refractivity contribution in [3.8, 4) is 11.5 Å². The molecule has 136 valence electrons. The van der Waals surface area contributed by atoms with Crippen molar-refractivity contribution in [1.29, 1.82) is 0 Å². The Bertz CT molecular complexity index is 724. The quantitative estimate of drug-likeness (QED) is 0.440. The summed E-state index contributed by atoms with van der Waals surface area (Å²) in [7, 11) is -1.61. The molecular weight excluding hydrogens is 320 g/mol. The Balaban J connectivity index is 2.11. The number of para-hydroxylation sites is 1. The maximum Gasteiger partial charge on any atom is 0.145 e. The molecule has 0 saturated carbocycles. The molecule has 1 heterocycles. The van der Waals surface area contributed by atoms with Crippen LogP contribution in [-0.2, 0) is 6.54 Å². The van der Waals surface area contributed by atoms with Crippen molar-refractivity contribution in [3.05, 3.63) is 30.5 Å². The molecule has 25 heavy (non-hydrogen) atoms. The smallest absolute Gasteiger partial charge is 0.145 e. The number of aryl methyl sites for hydroxylation is 1. The summed E-state index contributed by atoms with van der Waals surface area (Å²) in [4.78, 5) is 0. The fourth-order valence-electron chi connectivity index (χ4n) is 4.27. The van der Waals surface area contributed by atoms with Crippen LogP contribution in [0.4, 0.5) is 0 Å². The van der Waals surface area contributed by atoms with Gasteiger partial charge in [0, 0.05) is 17.8 Å². The Kier molecular flexibility index (Phi) is 6.51. The molecule has 2 aromatic rings. The van der Waals surface area contributed by atoms with E-state index in [-0.39, 0.29) is 0 Å². The summed E-state index contributed by atoms with van der Waals surface area (Å²) in [5.74, 6) is 4.06. The van der Waals surface area contributed by atoms with Crippen LogP contribution < -0.4 is 0 Å². The number of aromatic nitrogens is 2. The molecular formula is C22H34N2Si. The zero-order valence-corrected chi connectivity index (χ0v) is 18.0. The summed E-state index contributed by atoms with van der Waals surface area (Å²) in [5.41, 5.74) is 7.17. The van der Waals surface area contributed by atoms with Gasteiger partial charge in [-0.15, -0.1) is 11.5 Å². The summed E-state index contributed by atoms with van der Waals surface area (Å²) >= 11 is 0. The molecule has 0 amide bonds. The van der Waals surface area contributed by atoms with Gasteiger partial charge in [-0.1, -0.05) is 66.7 Å². The number of hydrogen-bond acceptors (Lipinski definition) is 1. The van der Waals surface area contributed by atoms with Gasteiger partial charge in [0.25, 0.3) is 0 Å². The Morgan fingerprint density at radius 3 is 2.16 bits per heavy atom. The third-order valence-corrected chi connectivity index (χ3v) is 12.0. The van der Waals surface area contributed by atoms with Gasteiger partial charge < -0.3 is 0 Å². The molecule has 0 bridgehead atoms. The van der Waals surface area contributed by atoms with Crippen LogP contribution in [0.3, 0.4) is 0 Å². The first-order valence-electron chi connectivity index (χ1n) is 9.72. The fraction of sp³-hybridized carbons (Fsp3) is 0.591. The highest BCUT2D eigenvalue weighted by molar-refractivity contribution is 6.90. The highest BCUT2D eigenvalue weighted by atomic mass is 28.3. The molecule has 1 aromatic heterocycles. The van der Waals surface area contributed by atoms with E-state index in [1.807, 2.05) is 6.20 Å². The van der Waals surface area contributed by atoms with Crippen molar-refractivity contribution in [2.24, 2.45) is 5.92 Å². The van der Waals surface area contributed by atoms with Crippen LogP contribution in [0.2, 0.25) is 16.6 Å². The minimum Gasteiger partial charge on any atom is -0.265 e. The molecule has 0 fully saturated rings. The van der Waals surface area contributed by atoms with E-state index in [0.717, 1.165) is 13.0 Å². The van der Waals surface area contributed by atoms with Crippen LogP contribution in [0, 0.1) is 17.4 Å². The van der Waals surface area contributed by atoms with Gasteiger partial charge in [0.05, 0.1) is 11.7 Å². The Labute approximate surface area is 155 Å². The normalized spacial score (nSPS) is 13.5. The summed E-state index contributed by atoms with van der Waals surface area (Å²) in [5, 5.41) is 5.75. The molecule has 0 radical (unpaired) electrons. The van der Waals surface area contributed by atoms with Crippen molar-refractivity contribution < 1.29 is 0 Å². The molecule has 1 atom stereocenters. The summed E-state index contributed by atoms with van der Waals surface area (Å²) in [6, 6.07) is 8.41. The number of benzene rings is 1. The average Bonchev–Trinajstić information content (AvgIpc) is 2.95. The second-order valence-electron chi connectivity index (χ2n) is 8.28. The first-order chi connectivity index (χ1) is 11.8. The molecule has 3 heteroatoms. The van der Waals surface area contributed by atoms with Crippen LogP contribution in [0.15, 0.2) is 30.5 Å². The minimum absolute atomic E-state index is 0.408. The predicted octanol–water partition coefficient (Wildman–Crippen LogP) is 6.28. The second-order valence-corrected chi connectivity index (χ2v) is 13.9. The highest BCUT2D eigenvalue weighted by Gasteiger charge is 2.41. The number of rotatable bonds is 6. The third kappa shape index (κ3) is 4.18. The molecule has 2 rings (SSSR count). The van der Waals surface area contributed by atoms with E-state index < -0.39 is 8.07 Å². The lowest BCUT2D eigenvalue weighted by Crippen LogP contribution is -2.43. The van der Waals surface area contributed by atoms with Gasteiger partial charge in [0.15, 0.2) is 0 Å². The molecule has 0 aliphatic carbocycles. The van der Waals surface area contributed by atoms with Crippen LogP contribution in [-0.4, -0.2) is 17.9 Å². The van der Waals surface area contributed by atoms with Crippen molar-refractivity contribution in [2.45, 2.75) is 78.1 Å². The van der Waals surface area contributed by atoms with Gasteiger partial charge >= 0.3 is 0 Å². The summed E-state index contributed by atoms with van der Waals surface area (Å²) < 4.78 is 2.12. The van der Waals surface area contributed by atoms with Gasteiger partial charge in [-0.3, -0.25) is 4.68 Å². The highest BCUT2D eigenvalue weighted by Crippen LogP contribution is 2.40. The van der Waals surface area contributed by atoms with Gasteiger partial charge in [0.1, 0.15) is 8.07 Å². The summed E-state index contributed by atoms with van der Waals surface area (Å²) in [6.45, 7) is 17.5. The van der Waals surface area contributed by atoms with Crippen molar-refractivity contribution in [2.75, 3.05) is 0 Å². The third-order valence-electron chi connectivity index (χ3n) is 5.73. The lowest BCUT2D eigenvalue weighted by Gasteiger charge is -2.38. The second kappa shape index (κ2) is 8.23. The van der Waals surface area contributed by atoms with Gasteiger partial charge in [-0.25, -0.2) is 0 Å². The molecule has 1 unspecified atom stereocenters. The van der Waals surface area contributed by atoms with E-state index >= 15 is 0 Å². The lowest BCUT2D eigenvalue weighted by molar-refractivity contribution is 0.537. The average molecular weight is 355 g/mol. The van der Waals surface area contributed by atoms with Gasteiger partial charge in [-0.2, -0.15) is 5.10 Å². The van der Waals surface area contributed by atoms with Crippen LogP contribution in [0.25, 0.3) is 10.9 Å². The van der Waals surface area contributed by atoms with E-state index in [1.54, 1.807) is 0 Å². The lowest BCUT2D eigenvalue weighted by atomic mass is 10.1. The topological polar surface area (TPSA) is 17.8 Å². The zero-order chi connectivity index (χ0) is 18.6. The van der Waals surface area contributed by atoms with E-state index in [0.29, 0.717) is 22.5 Å². The zero-order valence-electron chi connectivity index (χ0n) is 17.0. The molecule has 0 aliphatic rings. The molecule has 0 spiro atoms. The summed E-state index contributed by atoms with van der Waals surface area (Å²) in [6.07, 6.45) is 3.01. The molecule has 0 N–H and O–H groups in total. The maximum atomic E-state index is 4.54. The first-order valence-corrected chi connectivity index (χ1v) is 12.0. The van der Waals surface area contributed by atoms with E-state index in [9.17, 15) is 0 Å². The number of fused-ring (bicyclic) bond motifs is 1. The van der Waals surface area contributed by atoms with Crippen LogP contribution >= 0.6 is 0 Å². The molecule has 0 saturated heterocycles. The number of nitrogens with zero attached hydrogens (tertiary/aromatic N) is 2. The van der Waals surface area contributed by atoms with Crippen LogP contribution in [0.5, 0.6) is 0 Å². The van der Waals surface area contributed by atoms with Crippen molar-refractivity contribution in [3.63, 3.8) is 0 Å². The van der Waals surface area contributed by atoms with Crippen molar-refractivity contribution in [1.82, 2.24) is 9.78 Å². The van der Waals surface area contributed by atoms with Gasteiger partial charge in [-0.05, 0) is 29.1 Å². The standard InChI is InChI=1S/C22H34N2Si/c1-17(2)25(18(3)4,19(5)6)15-13-20(7)12-14-24-22-11-9-8-10-21(22)16-23-24/h8-11,16-20H,12,14H2,1-7H3. The number of hydrogen-bond donors (Lipinski definition) is 0. The largest absolute Gasteiger partial charge is 0.265 e. The monoisotopic (exact) mass is 354 g/mol. The SMILES string of the molecule is CC(C#C[Si](C(C)C)(C(C)C)C(C)C)CCn1ncc2ccccc21. The van der Waals surface area contributed by atoms with Crippen molar-refractivity contribution >= 4 is 19.0 Å². The van der Waals surface area contributed by atoms with Crippen LogP contribution in [0.1, 0.15) is 54.9 Å². The van der Waals surface area contributed by atoms with E-state index in [4.69, 9.17) is 0 Å². The minimum atomic E-state index is -1.61. The van der Waals surface area contributed by atoms with Gasteiger partial charge in [0.2, 0.25) is 0 Å². The molecule has 2 nitrogen and oxygen atoms in total. The van der Waals surface area contributed by atoms with E-state index in [2.05, 4.69) is 94.0 Å². The Morgan fingerprint density at radius 1 is 0.960 bits per heavy atom. The maximum absolute atomic E-state index is 4.54. The van der Waals surface area contributed by atoms with E-state index in [1.165, 1.54) is 10.9 Å².